The van der Waals surface area contributed by atoms with Gasteiger partial charge in [-0.1, -0.05) is 0 Å². The van der Waals surface area contributed by atoms with Gasteiger partial charge >= 0.3 is 0 Å². The van der Waals surface area contributed by atoms with Crippen LogP contribution < -0.4 is 10.6 Å². The minimum Gasteiger partial charge on any atom is -0.369 e. The van der Waals surface area contributed by atoms with Gasteiger partial charge in [-0.25, -0.2) is 0 Å². The first-order valence-electron chi connectivity index (χ1n) is 7.63. The van der Waals surface area contributed by atoms with Crippen molar-refractivity contribution >= 4 is 22.8 Å². The molecule has 21 heavy (non-hydrogen) atoms. The predicted octanol–water partition coefficient (Wildman–Crippen LogP) is 1.54. The number of H-pyrrole nitrogens is 1. The van der Waals surface area contributed by atoms with Crippen LogP contribution in [0.25, 0.3) is 11.0 Å². The molecule has 7 heteroatoms. The van der Waals surface area contributed by atoms with Gasteiger partial charge < -0.3 is 15.5 Å². The van der Waals surface area contributed by atoms with Crippen molar-refractivity contribution < 1.29 is 0 Å². The van der Waals surface area contributed by atoms with E-state index >= 15 is 0 Å². The molecule has 1 aliphatic rings. The standard InChI is InChI=1S/C14H23N7/c1-3-15-14-18-12(11-9-17-20-13(11)19-14)16-8-10-4-6-21(2)7-5-10/h9-10H,3-8H2,1-2H3,(H3,15,16,17,18,19,20). The molecule has 0 amide bonds. The van der Waals surface area contributed by atoms with E-state index in [-0.39, 0.29) is 0 Å². The number of anilines is 2. The number of aromatic amines is 1. The minimum absolute atomic E-state index is 0.639. The van der Waals surface area contributed by atoms with Gasteiger partial charge in [0.2, 0.25) is 5.95 Å². The molecule has 3 heterocycles. The predicted molar refractivity (Wildman–Crippen MR) is 84.6 cm³/mol. The highest BCUT2D eigenvalue weighted by atomic mass is 15.2. The van der Waals surface area contributed by atoms with Crippen molar-refractivity contribution in [1.29, 1.82) is 0 Å². The number of aromatic nitrogens is 4. The summed E-state index contributed by atoms with van der Waals surface area (Å²) in [5.74, 6) is 2.21. The topological polar surface area (TPSA) is 81.8 Å². The van der Waals surface area contributed by atoms with Gasteiger partial charge in [0, 0.05) is 13.1 Å². The van der Waals surface area contributed by atoms with E-state index in [4.69, 9.17) is 0 Å². The van der Waals surface area contributed by atoms with E-state index < -0.39 is 0 Å². The summed E-state index contributed by atoms with van der Waals surface area (Å²) in [7, 11) is 2.19. The maximum Gasteiger partial charge on any atom is 0.226 e. The second-order valence-corrected chi connectivity index (χ2v) is 5.69. The van der Waals surface area contributed by atoms with E-state index in [2.05, 4.69) is 42.7 Å². The van der Waals surface area contributed by atoms with Gasteiger partial charge in [-0.2, -0.15) is 15.1 Å². The van der Waals surface area contributed by atoms with Crippen LogP contribution in [0.2, 0.25) is 0 Å². The summed E-state index contributed by atoms with van der Waals surface area (Å²) in [4.78, 5) is 11.3. The summed E-state index contributed by atoms with van der Waals surface area (Å²) in [5.41, 5.74) is 0.770. The number of hydrogen-bond acceptors (Lipinski definition) is 6. The lowest BCUT2D eigenvalue weighted by atomic mass is 9.97. The normalized spacial score (nSPS) is 17.2. The van der Waals surface area contributed by atoms with E-state index in [1.54, 1.807) is 6.20 Å². The van der Waals surface area contributed by atoms with Gasteiger partial charge in [0.25, 0.3) is 0 Å². The van der Waals surface area contributed by atoms with Crippen molar-refractivity contribution in [2.75, 3.05) is 43.9 Å². The molecule has 2 aromatic heterocycles. The molecule has 7 nitrogen and oxygen atoms in total. The number of fused-ring (bicyclic) bond motifs is 1. The Hall–Kier alpha value is -1.89. The lowest BCUT2D eigenvalue weighted by molar-refractivity contribution is 0.226. The summed E-state index contributed by atoms with van der Waals surface area (Å²) < 4.78 is 0. The number of piperidine rings is 1. The Kier molecular flexibility index (Phi) is 4.19. The first-order chi connectivity index (χ1) is 10.3. The first kappa shape index (κ1) is 14.1. The molecular formula is C14H23N7. The van der Waals surface area contributed by atoms with Gasteiger partial charge in [0.1, 0.15) is 5.82 Å². The van der Waals surface area contributed by atoms with Crippen LogP contribution in [-0.2, 0) is 0 Å². The third-order valence-corrected chi connectivity index (χ3v) is 4.04. The summed E-state index contributed by atoms with van der Waals surface area (Å²) >= 11 is 0. The van der Waals surface area contributed by atoms with E-state index in [1.807, 2.05) is 6.92 Å². The third kappa shape index (κ3) is 3.24. The van der Waals surface area contributed by atoms with Gasteiger partial charge in [-0.3, -0.25) is 5.10 Å². The number of rotatable bonds is 5. The Morgan fingerprint density at radius 3 is 2.86 bits per heavy atom. The molecule has 1 aliphatic heterocycles. The fourth-order valence-corrected chi connectivity index (χ4v) is 2.71. The fourth-order valence-electron chi connectivity index (χ4n) is 2.71. The second-order valence-electron chi connectivity index (χ2n) is 5.69. The number of nitrogens with zero attached hydrogens (tertiary/aromatic N) is 4. The smallest absolute Gasteiger partial charge is 0.226 e. The largest absolute Gasteiger partial charge is 0.369 e. The molecular weight excluding hydrogens is 266 g/mol. The van der Waals surface area contributed by atoms with Crippen molar-refractivity contribution in [3.05, 3.63) is 6.20 Å². The van der Waals surface area contributed by atoms with Gasteiger partial charge in [-0.05, 0) is 45.8 Å². The minimum atomic E-state index is 0.639. The zero-order valence-electron chi connectivity index (χ0n) is 12.7. The molecule has 3 rings (SSSR count). The zero-order valence-corrected chi connectivity index (χ0v) is 12.7. The quantitative estimate of drug-likeness (QED) is 0.774. The Bertz CT molecular complexity index is 586. The summed E-state index contributed by atoms with van der Waals surface area (Å²) in [6, 6.07) is 0. The summed E-state index contributed by atoms with van der Waals surface area (Å²) in [6.45, 7) is 6.15. The van der Waals surface area contributed by atoms with E-state index in [0.29, 0.717) is 11.9 Å². The van der Waals surface area contributed by atoms with Crippen LogP contribution >= 0.6 is 0 Å². The van der Waals surface area contributed by atoms with Crippen LogP contribution in [-0.4, -0.2) is 58.3 Å². The molecule has 0 radical (unpaired) electrons. The maximum atomic E-state index is 4.56. The number of nitrogens with one attached hydrogen (secondary N) is 3. The van der Waals surface area contributed by atoms with Crippen LogP contribution in [0.15, 0.2) is 6.20 Å². The highest BCUT2D eigenvalue weighted by Crippen LogP contribution is 2.22. The number of likely N-dealkylation sites (tertiary alicyclic amines) is 1. The van der Waals surface area contributed by atoms with E-state index in [9.17, 15) is 0 Å². The fraction of sp³-hybridized carbons (Fsp3) is 0.643. The average molecular weight is 289 g/mol. The SMILES string of the molecule is CCNc1nc(NCC2CCN(C)CC2)c2cn[nH]c2n1. The molecule has 0 aliphatic carbocycles. The Labute approximate surface area is 124 Å². The molecule has 2 aromatic rings. The molecule has 3 N–H and O–H groups in total. The Morgan fingerprint density at radius 1 is 1.29 bits per heavy atom. The Morgan fingerprint density at radius 2 is 2.10 bits per heavy atom. The summed E-state index contributed by atoms with van der Waals surface area (Å²) in [6.07, 6.45) is 4.26. The lowest BCUT2D eigenvalue weighted by Gasteiger charge is -2.29. The van der Waals surface area contributed by atoms with Crippen LogP contribution in [0, 0.1) is 5.92 Å². The van der Waals surface area contributed by atoms with E-state index in [0.717, 1.165) is 29.9 Å². The monoisotopic (exact) mass is 289 g/mol. The molecule has 0 saturated carbocycles. The molecule has 1 saturated heterocycles. The Balaban J connectivity index is 1.71. The van der Waals surface area contributed by atoms with Gasteiger partial charge in [0.15, 0.2) is 5.65 Å². The van der Waals surface area contributed by atoms with Crippen molar-refractivity contribution in [2.24, 2.45) is 5.92 Å². The van der Waals surface area contributed by atoms with Gasteiger partial charge in [-0.15, -0.1) is 0 Å². The molecule has 1 fully saturated rings. The van der Waals surface area contributed by atoms with Crippen LogP contribution in [0.5, 0.6) is 0 Å². The lowest BCUT2D eigenvalue weighted by Crippen LogP contribution is -2.33. The second kappa shape index (κ2) is 6.26. The van der Waals surface area contributed by atoms with Crippen molar-refractivity contribution in [1.82, 2.24) is 25.1 Å². The number of hydrogen-bond donors (Lipinski definition) is 3. The maximum absolute atomic E-state index is 4.56. The van der Waals surface area contributed by atoms with Crippen molar-refractivity contribution in [3.8, 4) is 0 Å². The first-order valence-corrected chi connectivity index (χ1v) is 7.63. The van der Waals surface area contributed by atoms with Crippen molar-refractivity contribution in [2.45, 2.75) is 19.8 Å². The molecule has 114 valence electrons. The average Bonchev–Trinajstić information content (AvgIpc) is 2.95. The van der Waals surface area contributed by atoms with Crippen LogP contribution in [0.3, 0.4) is 0 Å². The molecule has 0 bridgehead atoms. The van der Waals surface area contributed by atoms with Crippen molar-refractivity contribution in [3.63, 3.8) is 0 Å². The van der Waals surface area contributed by atoms with Gasteiger partial charge in [0.05, 0.1) is 11.6 Å². The van der Waals surface area contributed by atoms with E-state index in [1.165, 1.54) is 25.9 Å². The van der Waals surface area contributed by atoms with Crippen LogP contribution in [0.4, 0.5) is 11.8 Å². The molecule has 0 unspecified atom stereocenters. The molecule has 0 atom stereocenters. The zero-order chi connectivity index (χ0) is 14.7. The summed E-state index contributed by atoms with van der Waals surface area (Å²) in [5, 5.41) is 14.6. The molecule has 0 spiro atoms. The van der Waals surface area contributed by atoms with Crippen LogP contribution in [0.1, 0.15) is 19.8 Å². The highest BCUT2D eigenvalue weighted by Gasteiger charge is 2.17. The highest BCUT2D eigenvalue weighted by molar-refractivity contribution is 5.86. The molecule has 0 aromatic carbocycles. The third-order valence-electron chi connectivity index (χ3n) is 4.04.